The van der Waals surface area contributed by atoms with E-state index >= 15 is 0 Å². The first kappa shape index (κ1) is 13.3. The molecule has 0 unspecified atom stereocenters. The Labute approximate surface area is 126 Å². The van der Waals surface area contributed by atoms with E-state index in [2.05, 4.69) is 23.4 Å². The molecule has 2 aromatic carbocycles. The maximum atomic E-state index is 5.94. The van der Waals surface area contributed by atoms with Crippen molar-refractivity contribution in [3.63, 3.8) is 0 Å². The summed E-state index contributed by atoms with van der Waals surface area (Å²) in [6, 6.07) is 18.1. The number of thioether (sulfide) groups is 1. The van der Waals surface area contributed by atoms with Crippen molar-refractivity contribution in [2.24, 2.45) is 0 Å². The number of oxazole rings is 1. The van der Waals surface area contributed by atoms with Crippen molar-refractivity contribution in [3.8, 4) is 22.6 Å². The zero-order valence-electron chi connectivity index (χ0n) is 10.8. The number of benzene rings is 2. The summed E-state index contributed by atoms with van der Waals surface area (Å²) in [6.45, 7) is 0. The van der Waals surface area contributed by atoms with Crippen molar-refractivity contribution < 1.29 is 4.42 Å². The topological polar surface area (TPSA) is 26.0 Å². The average molecular weight is 302 g/mol. The largest absolute Gasteiger partial charge is 0.427 e. The highest BCUT2D eigenvalue weighted by Gasteiger charge is 2.15. The smallest absolute Gasteiger partial charge is 0.293 e. The van der Waals surface area contributed by atoms with Gasteiger partial charge in [-0.3, -0.25) is 0 Å². The third-order valence-electron chi connectivity index (χ3n) is 3.00. The van der Waals surface area contributed by atoms with E-state index in [0.717, 1.165) is 16.8 Å². The summed E-state index contributed by atoms with van der Waals surface area (Å²) in [5, 5.41) is 0.160. The van der Waals surface area contributed by atoms with Gasteiger partial charge in [0.1, 0.15) is 5.69 Å². The third-order valence-corrected chi connectivity index (χ3v) is 3.91. The SMILES string of the molecule is CSc1ccc(-c2oc(Cl)nc2-c2ccccc2)cc1. The molecule has 4 heteroatoms. The zero-order valence-corrected chi connectivity index (χ0v) is 12.4. The average Bonchev–Trinajstić information content (AvgIpc) is 2.90. The fraction of sp³-hybridized carbons (Fsp3) is 0.0625. The molecule has 0 N–H and O–H groups in total. The first-order valence-electron chi connectivity index (χ1n) is 6.14. The quantitative estimate of drug-likeness (QED) is 0.607. The Morgan fingerprint density at radius 3 is 2.30 bits per heavy atom. The van der Waals surface area contributed by atoms with E-state index < -0.39 is 0 Å². The molecule has 2 nitrogen and oxygen atoms in total. The zero-order chi connectivity index (χ0) is 13.9. The Kier molecular flexibility index (Phi) is 3.81. The molecule has 1 heterocycles. The van der Waals surface area contributed by atoms with Crippen molar-refractivity contribution in [1.82, 2.24) is 4.98 Å². The van der Waals surface area contributed by atoms with Gasteiger partial charge in [-0.1, -0.05) is 42.5 Å². The first-order chi connectivity index (χ1) is 9.78. The van der Waals surface area contributed by atoms with E-state index in [1.54, 1.807) is 11.8 Å². The lowest BCUT2D eigenvalue weighted by Crippen LogP contribution is -1.82. The molecule has 20 heavy (non-hydrogen) atoms. The molecule has 0 amide bonds. The number of aromatic nitrogens is 1. The number of nitrogens with zero attached hydrogens (tertiary/aromatic N) is 1. The number of halogens is 1. The minimum atomic E-state index is 0.160. The van der Waals surface area contributed by atoms with Crippen LogP contribution in [0.5, 0.6) is 0 Å². The highest BCUT2D eigenvalue weighted by Crippen LogP contribution is 2.34. The van der Waals surface area contributed by atoms with Crippen LogP contribution in [0.2, 0.25) is 5.35 Å². The Morgan fingerprint density at radius 2 is 1.65 bits per heavy atom. The summed E-state index contributed by atoms with van der Waals surface area (Å²) in [7, 11) is 0. The van der Waals surface area contributed by atoms with Crippen LogP contribution in [0, 0.1) is 0 Å². The molecule has 0 aliphatic heterocycles. The minimum absolute atomic E-state index is 0.160. The number of hydrogen-bond donors (Lipinski definition) is 0. The minimum Gasteiger partial charge on any atom is -0.427 e. The summed E-state index contributed by atoms with van der Waals surface area (Å²) in [6.07, 6.45) is 2.05. The van der Waals surface area contributed by atoms with Crippen LogP contribution in [0.15, 0.2) is 63.9 Å². The van der Waals surface area contributed by atoms with Crippen molar-refractivity contribution >= 4 is 23.4 Å². The fourth-order valence-corrected chi connectivity index (χ4v) is 2.59. The van der Waals surface area contributed by atoms with Gasteiger partial charge in [0.15, 0.2) is 5.76 Å². The molecule has 0 bridgehead atoms. The lowest BCUT2D eigenvalue weighted by Gasteiger charge is -2.02. The van der Waals surface area contributed by atoms with Gasteiger partial charge < -0.3 is 4.42 Å². The lowest BCUT2D eigenvalue weighted by molar-refractivity contribution is 0.574. The number of hydrogen-bond acceptors (Lipinski definition) is 3. The lowest BCUT2D eigenvalue weighted by atomic mass is 10.1. The summed E-state index contributed by atoms with van der Waals surface area (Å²) in [5.74, 6) is 0.703. The van der Waals surface area contributed by atoms with Crippen molar-refractivity contribution in [2.75, 3.05) is 6.26 Å². The van der Waals surface area contributed by atoms with E-state index in [1.165, 1.54) is 4.90 Å². The monoisotopic (exact) mass is 301 g/mol. The van der Waals surface area contributed by atoms with Gasteiger partial charge in [0.05, 0.1) is 0 Å². The molecule has 3 aromatic rings. The molecule has 0 aliphatic carbocycles. The Balaban J connectivity index is 2.09. The van der Waals surface area contributed by atoms with Crippen molar-refractivity contribution in [2.45, 2.75) is 4.90 Å². The molecular weight excluding hydrogens is 290 g/mol. The van der Waals surface area contributed by atoms with E-state index in [4.69, 9.17) is 16.0 Å². The third kappa shape index (κ3) is 2.60. The molecule has 1 aromatic heterocycles. The van der Waals surface area contributed by atoms with Crippen LogP contribution in [-0.2, 0) is 0 Å². The van der Waals surface area contributed by atoms with Gasteiger partial charge in [-0.05, 0) is 30.0 Å². The van der Waals surface area contributed by atoms with Crippen LogP contribution in [0.1, 0.15) is 0 Å². The second-order valence-electron chi connectivity index (χ2n) is 4.24. The summed E-state index contributed by atoms with van der Waals surface area (Å²) < 4.78 is 5.58. The Bertz CT molecular complexity index is 707. The molecule has 0 aliphatic rings. The molecule has 100 valence electrons. The standard InChI is InChI=1S/C16H12ClNOS/c1-20-13-9-7-12(8-10-13)15-14(18-16(17)19-15)11-5-3-2-4-6-11/h2-10H,1H3. The Hall–Kier alpha value is -1.71. The summed E-state index contributed by atoms with van der Waals surface area (Å²) in [5.41, 5.74) is 2.74. The fourth-order valence-electron chi connectivity index (χ4n) is 2.02. The molecule has 0 spiro atoms. The van der Waals surface area contributed by atoms with Gasteiger partial charge >= 0.3 is 0 Å². The van der Waals surface area contributed by atoms with Gasteiger partial charge in [0, 0.05) is 16.0 Å². The second kappa shape index (κ2) is 5.73. The first-order valence-corrected chi connectivity index (χ1v) is 7.74. The van der Waals surface area contributed by atoms with Crippen LogP contribution in [0.25, 0.3) is 22.6 Å². The van der Waals surface area contributed by atoms with E-state index in [1.807, 2.05) is 42.5 Å². The van der Waals surface area contributed by atoms with Gasteiger partial charge in [0.25, 0.3) is 5.35 Å². The molecule has 0 saturated heterocycles. The summed E-state index contributed by atoms with van der Waals surface area (Å²) in [4.78, 5) is 5.50. The van der Waals surface area contributed by atoms with Crippen LogP contribution in [0.4, 0.5) is 0 Å². The van der Waals surface area contributed by atoms with Gasteiger partial charge in [-0.2, -0.15) is 4.98 Å². The van der Waals surface area contributed by atoms with E-state index in [9.17, 15) is 0 Å². The molecule has 0 saturated carbocycles. The van der Waals surface area contributed by atoms with Crippen LogP contribution < -0.4 is 0 Å². The van der Waals surface area contributed by atoms with E-state index in [-0.39, 0.29) is 5.35 Å². The molecule has 0 radical (unpaired) electrons. The summed E-state index contributed by atoms with van der Waals surface area (Å²) >= 11 is 7.65. The predicted octanol–water partition coefficient (Wildman–Crippen LogP) is 5.38. The maximum absolute atomic E-state index is 5.94. The number of rotatable bonds is 3. The van der Waals surface area contributed by atoms with Crippen molar-refractivity contribution in [1.29, 1.82) is 0 Å². The molecule has 3 rings (SSSR count). The maximum Gasteiger partial charge on any atom is 0.293 e. The van der Waals surface area contributed by atoms with Crippen LogP contribution in [0.3, 0.4) is 0 Å². The molecule has 0 atom stereocenters. The molecular formula is C16H12ClNOS. The Morgan fingerprint density at radius 1 is 0.950 bits per heavy atom. The van der Waals surface area contributed by atoms with Crippen LogP contribution >= 0.6 is 23.4 Å². The highest BCUT2D eigenvalue weighted by molar-refractivity contribution is 7.98. The van der Waals surface area contributed by atoms with Gasteiger partial charge in [0.2, 0.25) is 0 Å². The van der Waals surface area contributed by atoms with Crippen molar-refractivity contribution in [3.05, 3.63) is 59.9 Å². The molecule has 0 fully saturated rings. The highest BCUT2D eigenvalue weighted by atomic mass is 35.5. The normalized spacial score (nSPS) is 10.7. The van der Waals surface area contributed by atoms with Crippen LogP contribution in [-0.4, -0.2) is 11.2 Å². The van der Waals surface area contributed by atoms with E-state index in [0.29, 0.717) is 5.76 Å². The predicted molar refractivity (Wildman–Crippen MR) is 84.2 cm³/mol. The second-order valence-corrected chi connectivity index (χ2v) is 5.44. The van der Waals surface area contributed by atoms with Gasteiger partial charge in [-0.25, -0.2) is 0 Å². The van der Waals surface area contributed by atoms with Gasteiger partial charge in [-0.15, -0.1) is 11.8 Å².